The van der Waals surface area contributed by atoms with Crippen LogP contribution in [0, 0.1) is 42.6 Å². The zero-order valence-corrected chi connectivity index (χ0v) is 26.0. The van der Waals surface area contributed by atoms with Crippen LogP contribution in [-0.4, -0.2) is 27.4 Å². The normalized spacial score (nSPS) is 25.9. The molecule has 0 saturated heterocycles. The molecule has 203 valence electrons. The second-order valence-electron chi connectivity index (χ2n) is 12.6. The van der Waals surface area contributed by atoms with E-state index in [0.717, 1.165) is 41.6 Å². The van der Waals surface area contributed by atoms with Crippen LogP contribution >= 0.6 is 0 Å². The van der Waals surface area contributed by atoms with Gasteiger partial charge in [-0.1, -0.05) is 79.2 Å². The molecule has 2 aromatic carbocycles. The smallest absolute Gasteiger partial charge is 0.0646 e. The van der Waals surface area contributed by atoms with E-state index in [2.05, 4.69) is 97.0 Å². The quantitative estimate of drug-likeness (QED) is 0.277. The standard InChI is InChI=1S/C19H18N.C14H26O2.Ir/c1-4-15-5-6-16-7-8-18(20-19(16)12-15)17-10-13(2)9-14(3)11-17;1-13(2)7-5-6-9-8-14(3,4)12(16)10(9)11(13)15;/h5-10,12H,4H2,1-3H3;9-12,15-16H,5-8H2,1-4H3;/q-1;;. The van der Waals surface area contributed by atoms with Crippen molar-refractivity contribution in [3.8, 4) is 11.3 Å². The molecule has 0 bridgehead atoms. The monoisotopic (exact) mass is 679 g/mol. The first-order valence-electron chi connectivity index (χ1n) is 13.7. The van der Waals surface area contributed by atoms with Crippen LogP contribution in [0.25, 0.3) is 22.2 Å². The van der Waals surface area contributed by atoms with Gasteiger partial charge in [-0.2, -0.15) is 0 Å². The predicted octanol–water partition coefficient (Wildman–Crippen LogP) is 7.46. The average molecular weight is 679 g/mol. The summed E-state index contributed by atoms with van der Waals surface area (Å²) in [7, 11) is 0. The Kier molecular flexibility index (Phi) is 9.44. The molecule has 2 saturated carbocycles. The van der Waals surface area contributed by atoms with E-state index < -0.39 is 0 Å². The Morgan fingerprint density at radius 3 is 2.30 bits per heavy atom. The molecule has 2 N–H and O–H groups in total. The van der Waals surface area contributed by atoms with Gasteiger partial charge in [0.05, 0.1) is 17.7 Å². The Labute approximate surface area is 237 Å². The number of nitrogens with zero attached hydrogens (tertiary/aromatic N) is 1. The summed E-state index contributed by atoms with van der Waals surface area (Å²) in [6, 6.07) is 18.4. The van der Waals surface area contributed by atoms with Crippen LogP contribution in [0.3, 0.4) is 0 Å². The maximum atomic E-state index is 10.5. The number of hydrogen-bond donors (Lipinski definition) is 2. The van der Waals surface area contributed by atoms with E-state index in [-0.39, 0.29) is 49.1 Å². The number of benzene rings is 2. The molecular weight excluding hydrogens is 635 g/mol. The molecule has 3 aromatic rings. The molecule has 2 aliphatic carbocycles. The fraction of sp³-hybridized carbons (Fsp3) is 0.545. The number of hydrogen-bond acceptors (Lipinski definition) is 3. The topological polar surface area (TPSA) is 53.4 Å². The molecule has 3 nitrogen and oxygen atoms in total. The Hall–Kier alpha value is -1.58. The van der Waals surface area contributed by atoms with E-state index in [1.54, 1.807) is 0 Å². The van der Waals surface area contributed by atoms with E-state index in [1.165, 1.54) is 29.4 Å². The third-order valence-corrected chi connectivity index (χ3v) is 8.65. The van der Waals surface area contributed by atoms with Crippen molar-refractivity contribution in [3.05, 3.63) is 65.2 Å². The molecule has 0 spiro atoms. The first-order valence-corrected chi connectivity index (χ1v) is 13.7. The van der Waals surface area contributed by atoms with Gasteiger partial charge in [0.2, 0.25) is 0 Å². The third kappa shape index (κ3) is 6.53. The van der Waals surface area contributed by atoms with Crippen molar-refractivity contribution in [2.45, 2.75) is 92.8 Å². The van der Waals surface area contributed by atoms with Crippen molar-refractivity contribution >= 4 is 10.9 Å². The summed E-state index contributed by atoms with van der Waals surface area (Å²) in [5.74, 6) is 0.606. The van der Waals surface area contributed by atoms with Gasteiger partial charge in [-0.3, -0.25) is 4.98 Å². The number of aromatic nitrogens is 1. The Morgan fingerprint density at radius 1 is 0.946 bits per heavy atom. The first-order chi connectivity index (χ1) is 16.9. The molecule has 5 rings (SSSR count). The summed E-state index contributed by atoms with van der Waals surface area (Å²) in [6.45, 7) is 14.9. The zero-order chi connectivity index (χ0) is 26.3. The maximum absolute atomic E-state index is 10.5. The van der Waals surface area contributed by atoms with Crippen molar-refractivity contribution in [2.75, 3.05) is 0 Å². The van der Waals surface area contributed by atoms with Gasteiger partial charge in [-0.15, -0.1) is 34.9 Å². The molecule has 2 aliphatic rings. The second kappa shape index (κ2) is 11.7. The van der Waals surface area contributed by atoms with Gasteiger partial charge < -0.3 is 10.2 Å². The average Bonchev–Trinajstić information content (AvgIpc) is 2.98. The van der Waals surface area contributed by atoms with E-state index in [0.29, 0.717) is 5.92 Å². The van der Waals surface area contributed by atoms with Crippen LogP contribution in [0.1, 0.15) is 77.0 Å². The Balaban J connectivity index is 0.000000205. The van der Waals surface area contributed by atoms with Gasteiger partial charge in [0.25, 0.3) is 0 Å². The molecule has 0 amide bonds. The van der Waals surface area contributed by atoms with Crippen LogP contribution in [0.15, 0.2) is 42.5 Å². The largest absolute Gasteiger partial charge is 0.392 e. The molecule has 4 atom stereocenters. The van der Waals surface area contributed by atoms with Gasteiger partial charge in [0.15, 0.2) is 0 Å². The Bertz CT molecular complexity index is 1200. The Morgan fingerprint density at radius 2 is 1.62 bits per heavy atom. The molecule has 4 unspecified atom stereocenters. The first kappa shape index (κ1) is 30.0. The molecule has 1 heterocycles. The number of fused-ring (bicyclic) bond motifs is 2. The summed E-state index contributed by atoms with van der Waals surface area (Å²) in [6.07, 6.45) is 4.85. The maximum Gasteiger partial charge on any atom is 0.0646 e. The fourth-order valence-electron chi connectivity index (χ4n) is 6.49. The van der Waals surface area contributed by atoms with Crippen LogP contribution in [0.2, 0.25) is 0 Å². The second-order valence-corrected chi connectivity index (χ2v) is 12.6. The van der Waals surface area contributed by atoms with Gasteiger partial charge in [0, 0.05) is 26.0 Å². The zero-order valence-electron chi connectivity index (χ0n) is 23.6. The summed E-state index contributed by atoms with van der Waals surface area (Å²) < 4.78 is 0. The van der Waals surface area contributed by atoms with E-state index in [4.69, 9.17) is 4.98 Å². The molecule has 0 aliphatic heterocycles. The van der Waals surface area contributed by atoms with Gasteiger partial charge in [0.1, 0.15) is 0 Å². The number of aliphatic hydroxyl groups excluding tert-OH is 2. The van der Waals surface area contributed by atoms with Crippen molar-refractivity contribution in [1.82, 2.24) is 4.98 Å². The molecular formula is C33H44IrNO2-. The van der Waals surface area contributed by atoms with E-state index in [1.807, 2.05) is 0 Å². The van der Waals surface area contributed by atoms with Gasteiger partial charge in [-0.05, 0) is 65.1 Å². The number of aryl methyl sites for hydroxylation is 3. The summed E-state index contributed by atoms with van der Waals surface area (Å²) in [5.41, 5.74) is 6.80. The summed E-state index contributed by atoms with van der Waals surface area (Å²) in [4.78, 5) is 4.81. The van der Waals surface area contributed by atoms with Crippen LogP contribution in [0.5, 0.6) is 0 Å². The van der Waals surface area contributed by atoms with Crippen molar-refractivity contribution in [1.29, 1.82) is 0 Å². The molecule has 4 heteroatoms. The van der Waals surface area contributed by atoms with Crippen LogP contribution in [-0.2, 0) is 26.5 Å². The minimum absolute atomic E-state index is 0. The van der Waals surface area contributed by atoms with Crippen molar-refractivity contribution < 1.29 is 30.3 Å². The summed E-state index contributed by atoms with van der Waals surface area (Å²) >= 11 is 0. The SMILES string of the molecule is CC1(C)CCCC2CC(C)(C)C(O)C2C1O.CCc1ccc2ccc(-c3[c-]c(C)cc(C)c3)nc2c1.[Ir]. The molecule has 37 heavy (non-hydrogen) atoms. The van der Waals surface area contributed by atoms with E-state index in [9.17, 15) is 10.2 Å². The molecule has 2 fully saturated rings. The van der Waals surface area contributed by atoms with Gasteiger partial charge in [-0.25, -0.2) is 0 Å². The fourth-order valence-corrected chi connectivity index (χ4v) is 6.49. The molecule has 1 radical (unpaired) electrons. The van der Waals surface area contributed by atoms with Gasteiger partial charge >= 0.3 is 0 Å². The minimum atomic E-state index is -0.350. The van der Waals surface area contributed by atoms with E-state index >= 15 is 0 Å². The number of aliphatic hydroxyl groups is 2. The molecule has 1 aromatic heterocycles. The van der Waals surface area contributed by atoms with Crippen LogP contribution in [0.4, 0.5) is 0 Å². The van der Waals surface area contributed by atoms with Crippen molar-refractivity contribution in [2.24, 2.45) is 22.7 Å². The predicted molar refractivity (Wildman–Crippen MR) is 150 cm³/mol. The number of pyridine rings is 1. The number of rotatable bonds is 2. The third-order valence-electron chi connectivity index (χ3n) is 8.65. The summed E-state index contributed by atoms with van der Waals surface area (Å²) in [5, 5.41) is 22.1. The van der Waals surface area contributed by atoms with Crippen molar-refractivity contribution in [3.63, 3.8) is 0 Å². The van der Waals surface area contributed by atoms with Crippen LogP contribution < -0.4 is 0 Å². The minimum Gasteiger partial charge on any atom is -0.392 e.